The van der Waals surface area contributed by atoms with Crippen LogP contribution in [0.4, 0.5) is 0 Å². The van der Waals surface area contributed by atoms with Gasteiger partial charge in [-0.3, -0.25) is 4.79 Å². The monoisotopic (exact) mass is 339 g/mol. The Kier molecular flexibility index (Phi) is 25.4. The Morgan fingerprint density at radius 3 is 2.00 bits per heavy atom. The van der Waals surface area contributed by atoms with Gasteiger partial charge in [0.25, 0.3) is 5.91 Å². The molecule has 2 heteroatoms. The third-order valence-electron chi connectivity index (χ3n) is 3.53. The number of allylic oxidation sites excluding steroid dienone is 2. The zero-order valence-corrected chi connectivity index (χ0v) is 18.0. The molecule has 0 saturated heterocycles. The second-order valence-corrected chi connectivity index (χ2v) is 5.08. The van der Waals surface area contributed by atoms with E-state index >= 15 is 0 Å². The minimum atomic E-state index is 0.120. The first kappa shape index (κ1) is 27.8. The van der Waals surface area contributed by atoms with E-state index < -0.39 is 0 Å². The van der Waals surface area contributed by atoms with Crippen molar-refractivity contribution in [3.05, 3.63) is 23.8 Å². The third-order valence-corrected chi connectivity index (χ3v) is 3.53. The zero-order chi connectivity index (χ0) is 19.4. The van der Waals surface area contributed by atoms with E-state index in [0.29, 0.717) is 6.04 Å². The quantitative estimate of drug-likeness (QED) is 0.573. The maximum atomic E-state index is 11.9. The molecule has 2 unspecified atom stereocenters. The van der Waals surface area contributed by atoms with Crippen molar-refractivity contribution in [3.8, 4) is 0 Å². The van der Waals surface area contributed by atoms with Gasteiger partial charge >= 0.3 is 0 Å². The van der Waals surface area contributed by atoms with Crippen LogP contribution in [0.5, 0.6) is 0 Å². The highest BCUT2D eigenvalue weighted by atomic mass is 16.1. The van der Waals surface area contributed by atoms with Gasteiger partial charge in [0, 0.05) is 11.6 Å². The first-order valence-electron chi connectivity index (χ1n) is 10.4. The number of hydrogen-bond acceptors (Lipinski definition) is 1. The highest BCUT2D eigenvalue weighted by Crippen LogP contribution is 2.23. The molecule has 2 aliphatic carbocycles. The molecular weight excluding hydrogens is 294 g/mol. The normalized spacial score (nSPS) is 20.8. The number of nitrogens with one attached hydrogen (secondary N) is 1. The lowest BCUT2D eigenvalue weighted by molar-refractivity contribution is -0.118. The largest absolute Gasteiger partial charge is 0.349 e. The van der Waals surface area contributed by atoms with Crippen LogP contribution in [0.1, 0.15) is 101 Å². The van der Waals surface area contributed by atoms with Gasteiger partial charge in [-0.05, 0) is 31.6 Å². The fourth-order valence-corrected chi connectivity index (χ4v) is 2.62. The summed E-state index contributed by atoms with van der Waals surface area (Å²) in [4.78, 5) is 11.9. The van der Waals surface area contributed by atoms with Crippen LogP contribution in [-0.2, 0) is 4.79 Å². The maximum absolute atomic E-state index is 11.9. The minimum Gasteiger partial charge on any atom is -0.349 e. The van der Waals surface area contributed by atoms with Crippen molar-refractivity contribution in [2.75, 3.05) is 0 Å². The Morgan fingerprint density at radius 2 is 1.54 bits per heavy atom. The number of amides is 1. The molecule has 0 aromatic carbocycles. The Bertz CT molecular complexity index is 318. The molecule has 2 rings (SSSR count). The molecule has 1 N–H and O–H groups in total. The first-order chi connectivity index (χ1) is 11.8. The number of carbonyl (C=O) groups excluding carboxylic acids is 1. The fourth-order valence-electron chi connectivity index (χ4n) is 2.62. The lowest BCUT2D eigenvalue weighted by Gasteiger charge is -2.27. The van der Waals surface area contributed by atoms with Gasteiger partial charge in [0.05, 0.1) is 0 Å². The fraction of sp³-hybridized carbons (Fsp3) is 0.773. The molecule has 2 aliphatic rings. The number of hydrogen-bond donors (Lipinski definition) is 1. The molecule has 1 saturated carbocycles. The highest BCUT2D eigenvalue weighted by Gasteiger charge is 2.21. The van der Waals surface area contributed by atoms with E-state index in [1.807, 2.05) is 67.5 Å². The summed E-state index contributed by atoms with van der Waals surface area (Å²) in [6, 6.07) is 0.396. The second-order valence-electron chi connectivity index (χ2n) is 5.08. The predicted octanol–water partition coefficient (Wildman–Crippen LogP) is 7.06. The average molecular weight is 340 g/mol. The van der Waals surface area contributed by atoms with Crippen molar-refractivity contribution in [1.82, 2.24) is 5.32 Å². The van der Waals surface area contributed by atoms with Gasteiger partial charge in [-0.2, -0.15) is 0 Å². The summed E-state index contributed by atoms with van der Waals surface area (Å²) >= 11 is 0. The van der Waals surface area contributed by atoms with Gasteiger partial charge < -0.3 is 5.32 Å². The first-order valence-corrected chi connectivity index (χ1v) is 10.4. The minimum absolute atomic E-state index is 0.120. The molecule has 0 spiro atoms. The standard InChI is InChI=1S/C14H21NO.4C2H6/c1-11-6-5-9-13(10-11)15-14(16)12-7-3-2-4-8-12;4*1-2/h3,7-8,11,13H,2,4-6,9-10H2,1H3,(H,15,16);4*1-2H3. The summed E-state index contributed by atoms with van der Waals surface area (Å²) < 4.78 is 0. The van der Waals surface area contributed by atoms with Crippen LogP contribution < -0.4 is 5.32 Å². The molecule has 1 fully saturated rings. The van der Waals surface area contributed by atoms with Crippen LogP contribution in [0.25, 0.3) is 0 Å². The zero-order valence-electron chi connectivity index (χ0n) is 18.0. The Labute approximate surface area is 153 Å². The van der Waals surface area contributed by atoms with E-state index in [2.05, 4.69) is 18.3 Å². The number of rotatable bonds is 2. The number of carbonyl (C=O) groups is 1. The summed E-state index contributed by atoms with van der Waals surface area (Å²) in [5.41, 5.74) is 0.851. The summed E-state index contributed by atoms with van der Waals surface area (Å²) in [5, 5.41) is 3.16. The molecule has 0 radical (unpaired) electrons. The average Bonchev–Trinajstić information content (AvgIpc) is 2.69. The predicted molar refractivity (Wildman–Crippen MR) is 111 cm³/mol. The van der Waals surface area contributed by atoms with Gasteiger partial charge in [-0.25, -0.2) is 0 Å². The van der Waals surface area contributed by atoms with Crippen LogP contribution >= 0.6 is 0 Å². The van der Waals surface area contributed by atoms with Gasteiger partial charge in [-0.1, -0.05) is 93.4 Å². The summed E-state index contributed by atoms with van der Waals surface area (Å²) in [7, 11) is 0. The van der Waals surface area contributed by atoms with Crippen LogP contribution in [0.15, 0.2) is 23.8 Å². The lowest BCUT2D eigenvalue weighted by atomic mass is 9.87. The van der Waals surface area contributed by atoms with Crippen molar-refractivity contribution in [3.63, 3.8) is 0 Å². The Balaban J connectivity index is -0.000000484. The van der Waals surface area contributed by atoms with E-state index in [0.717, 1.165) is 37.2 Å². The van der Waals surface area contributed by atoms with Crippen molar-refractivity contribution in [1.29, 1.82) is 0 Å². The molecule has 0 aromatic heterocycles. The smallest absolute Gasteiger partial charge is 0.251 e. The molecule has 0 aliphatic heterocycles. The van der Waals surface area contributed by atoms with E-state index in [9.17, 15) is 4.79 Å². The van der Waals surface area contributed by atoms with E-state index in [4.69, 9.17) is 0 Å². The molecule has 2 nitrogen and oxygen atoms in total. The maximum Gasteiger partial charge on any atom is 0.251 e. The highest BCUT2D eigenvalue weighted by molar-refractivity contribution is 5.96. The summed E-state index contributed by atoms with van der Waals surface area (Å²) in [6.45, 7) is 18.3. The van der Waals surface area contributed by atoms with E-state index in [-0.39, 0.29) is 5.91 Å². The second kappa shape index (κ2) is 21.9. The Morgan fingerprint density at radius 1 is 0.958 bits per heavy atom. The van der Waals surface area contributed by atoms with Gasteiger partial charge in [-0.15, -0.1) is 0 Å². The van der Waals surface area contributed by atoms with Crippen molar-refractivity contribution in [2.45, 2.75) is 107 Å². The van der Waals surface area contributed by atoms with Crippen LogP contribution in [0.2, 0.25) is 0 Å². The van der Waals surface area contributed by atoms with Gasteiger partial charge in [0.2, 0.25) is 0 Å². The Hall–Kier alpha value is -1.05. The van der Waals surface area contributed by atoms with Crippen LogP contribution in [-0.4, -0.2) is 11.9 Å². The molecular formula is C22H45NO. The van der Waals surface area contributed by atoms with Crippen molar-refractivity contribution in [2.24, 2.45) is 5.92 Å². The summed E-state index contributed by atoms with van der Waals surface area (Å²) in [6.07, 6.45) is 13.0. The summed E-state index contributed by atoms with van der Waals surface area (Å²) in [5.74, 6) is 0.880. The third kappa shape index (κ3) is 13.4. The van der Waals surface area contributed by atoms with Crippen LogP contribution in [0.3, 0.4) is 0 Å². The molecule has 0 heterocycles. The van der Waals surface area contributed by atoms with E-state index in [1.165, 1.54) is 12.8 Å². The molecule has 0 bridgehead atoms. The molecule has 2 atom stereocenters. The van der Waals surface area contributed by atoms with Crippen molar-refractivity contribution < 1.29 is 4.79 Å². The van der Waals surface area contributed by atoms with Crippen molar-refractivity contribution >= 4 is 5.91 Å². The van der Waals surface area contributed by atoms with Crippen LogP contribution in [0, 0.1) is 5.92 Å². The molecule has 1 amide bonds. The van der Waals surface area contributed by atoms with Gasteiger partial charge in [0.1, 0.15) is 0 Å². The molecule has 0 aromatic rings. The topological polar surface area (TPSA) is 29.1 Å². The molecule has 144 valence electrons. The molecule has 24 heavy (non-hydrogen) atoms. The van der Waals surface area contributed by atoms with E-state index in [1.54, 1.807) is 0 Å². The SMILES string of the molecule is CC.CC.CC.CC.CC1CCCC(NC(=O)C2=CCCC=C2)C1. The lowest BCUT2D eigenvalue weighted by Crippen LogP contribution is -2.38. The van der Waals surface area contributed by atoms with Gasteiger partial charge in [0.15, 0.2) is 0 Å².